The van der Waals surface area contributed by atoms with E-state index < -0.39 is 11.6 Å². The van der Waals surface area contributed by atoms with Crippen molar-refractivity contribution < 1.29 is 9.90 Å². The van der Waals surface area contributed by atoms with Gasteiger partial charge in [-0.15, -0.1) is 0 Å². The molecule has 1 heterocycles. The summed E-state index contributed by atoms with van der Waals surface area (Å²) in [6.45, 7) is 5.20. The highest BCUT2D eigenvalue weighted by Crippen LogP contribution is 2.29. The van der Waals surface area contributed by atoms with Crippen molar-refractivity contribution in [1.82, 2.24) is 9.97 Å². The predicted octanol–water partition coefficient (Wildman–Crippen LogP) is 5.72. The predicted molar refractivity (Wildman–Crippen MR) is 125 cm³/mol. The molecule has 2 aromatic carbocycles. The summed E-state index contributed by atoms with van der Waals surface area (Å²) in [5.41, 5.74) is 0.0339. The standard InChI is InChI=1S/C22H23Cl2N5O2/c1-14(22(2,3)31)26-20-25-12-11-19(28-20)29(16-7-5-4-6-8-16)21(30)27-18-10-9-15(23)13-17(18)24/h4-14,31H,1-3H3,(H,27,30)(H,25,26,28)/t14-/m0/s1. The molecule has 3 N–H and O–H groups in total. The molecular formula is C22H23Cl2N5O2. The summed E-state index contributed by atoms with van der Waals surface area (Å²) in [6, 6.07) is 14.7. The van der Waals surface area contributed by atoms with Crippen LogP contribution in [0.15, 0.2) is 60.8 Å². The van der Waals surface area contributed by atoms with Crippen molar-refractivity contribution in [3.05, 3.63) is 70.8 Å². The van der Waals surface area contributed by atoms with E-state index in [1.54, 1.807) is 56.4 Å². The topological polar surface area (TPSA) is 90.4 Å². The lowest BCUT2D eigenvalue weighted by Gasteiger charge is -2.27. The van der Waals surface area contributed by atoms with Gasteiger partial charge in [0.15, 0.2) is 0 Å². The van der Waals surface area contributed by atoms with Crippen molar-refractivity contribution in [1.29, 1.82) is 0 Å². The molecule has 0 aliphatic rings. The van der Waals surface area contributed by atoms with Gasteiger partial charge < -0.3 is 15.7 Å². The van der Waals surface area contributed by atoms with E-state index in [1.165, 1.54) is 4.90 Å². The molecule has 0 radical (unpaired) electrons. The Morgan fingerprint density at radius 3 is 2.48 bits per heavy atom. The molecule has 1 atom stereocenters. The molecule has 1 aromatic heterocycles. The highest BCUT2D eigenvalue weighted by Gasteiger charge is 2.24. The molecule has 0 unspecified atom stereocenters. The van der Waals surface area contributed by atoms with Crippen molar-refractivity contribution >= 4 is 52.4 Å². The largest absolute Gasteiger partial charge is 0.388 e. The van der Waals surface area contributed by atoms with Crippen LogP contribution in [-0.4, -0.2) is 32.7 Å². The van der Waals surface area contributed by atoms with Crippen LogP contribution >= 0.6 is 23.2 Å². The van der Waals surface area contributed by atoms with E-state index in [-0.39, 0.29) is 12.0 Å². The zero-order chi connectivity index (χ0) is 22.6. The summed E-state index contributed by atoms with van der Waals surface area (Å²) in [5, 5.41) is 16.8. The Kier molecular flexibility index (Phi) is 7.00. The number of hydrogen-bond donors (Lipinski definition) is 3. The first-order valence-corrected chi connectivity index (χ1v) is 10.3. The molecule has 3 rings (SSSR count). The van der Waals surface area contributed by atoms with Gasteiger partial charge >= 0.3 is 6.03 Å². The molecule has 9 heteroatoms. The Labute approximate surface area is 191 Å². The summed E-state index contributed by atoms with van der Waals surface area (Å²) < 4.78 is 0. The van der Waals surface area contributed by atoms with Crippen LogP contribution in [0.5, 0.6) is 0 Å². The Bertz CT molecular complexity index is 1060. The molecule has 7 nitrogen and oxygen atoms in total. The SMILES string of the molecule is C[C@H](Nc1nccc(N(C(=O)Nc2ccc(Cl)cc2Cl)c2ccccc2)n1)C(C)(C)O. The number of carbonyl (C=O) groups is 1. The number of para-hydroxylation sites is 1. The van der Waals surface area contributed by atoms with Crippen LogP contribution in [0.25, 0.3) is 0 Å². The molecule has 0 fully saturated rings. The maximum absolute atomic E-state index is 13.2. The number of anilines is 4. The molecule has 31 heavy (non-hydrogen) atoms. The fraction of sp³-hybridized carbons (Fsp3) is 0.227. The second-order valence-corrected chi connectivity index (χ2v) is 8.33. The first kappa shape index (κ1) is 22.8. The minimum atomic E-state index is -0.985. The lowest BCUT2D eigenvalue weighted by molar-refractivity contribution is 0.0646. The third-order valence-electron chi connectivity index (χ3n) is 4.67. The number of hydrogen-bond acceptors (Lipinski definition) is 5. The third-order valence-corrected chi connectivity index (χ3v) is 5.21. The van der Waals surface area contributed by atoms with Crippen LogP contribution in [-0.2, 0) is 0 Å². The molecule has 0 aliphatic heterocycles. The summed E-state index contributed by atoms with van der Waals surface area (Å²) in [5.74, 6) is 0.625. The lowest BCUT2D eigenvalue weighted by atomic mass is 10.0. The first-order chi connectivity index (χ1) is 14.6. The second-order valence-electron chi connectivity index (χ2n) is 7.48. The number of rotatable bonds is 6. The van der Waals surface area contributed by atoms with Crippen molar-refractivity contribution in [2.24, 2.45) is 0 Å². The molecule has 0 saturated heterocycles. The van der Waals surface area contributed by atoms with Gasteiger partial charge in [0.05, 0.1) is 28.0 Å². The fourth-order valence-corrected chi connectivity index (χ4v) is 3.06. The molecule has 2 amide bonds. The minimum Gasteiger partial charge on any atom is -0.388 e. The lowest BCUT2D eigenvalue weighted by Crippen LogP contribution is -2.40. The third kappa shape index (κ3) is 5.85. The van der Waals surface area contributed by atoms with Crippen LogP contribution in [0.4, 0.5) is 27.9 Å². The number of aromatic nitrogens is 2. The summed E-state index contributed by atoms with van der Waals surface area (Å²) >= 11 is 12.2. The molecule has 0 bridgehead atoms. The first-order valence-electron chi connectivity index (χ1n) is 9.58. The van der Waals surface area contributed by atoms with Gasteiger partial charge in [-0.3, -0.25) is 0 Å². The number of carbonyl (C=O) groups excluding carboxylic acids is 1. The average molecular weight is 460 g/mol. The normalized spacial score (nSPS) is 12.2. The van der Waals surface area contributed by atoms with E-state index in [1.807, 2.05) is 25.1 Å². The number of benzene rings is 2. The Hall–Kier alpha value is -2.87. The Morgan fingerprint density at radius 1 is 1.13 bits per heavy atom. The molecule has 0 spiro atoms. The van der Waals surface area contributed by atoms with Crippen LogP contribution in [0, 0.1) is 0 Å². The number of nitrogens with one attached hydrogen (secondary N) is 2. The van der Waals surface area contributed by atoms with Gasteiger partial charge in [0.1, 0.15) is 5.82 Å². The van der Waals surface area contributed by atoms with Gasteiger partial charge in [-0.1, -0.05) is 41.4 Å². The Balaban J connectivity index is 1.95. The van der Waals surface area contributed by atoms with Gasteiger partial charge in [-0.2, -0.15) is 4.98 Å². The highest BCUT2D eigenvalue weighted by molar-refractivity contribution is 6.36. The van der Waals surface area contributed by atoms with Gasteiger partial charge in [-0.25, -0.2) is 14.7 Å². The summed E-state index contributed by atoms with van der Waals surface area (Å²) in [6.07, 6.45) is 1.54. The van der Waals surface area contributed by atoms with Crippen molar-refractivity contribution in [2.75, 3.05) is 15.5 Å². The van der Waals surface area contributed by atoms with E-state index in [0.29, 0.717) is 27.2 Å². The summed E-state index contributed by atoms with van der Waals surface area (Å²) in [7, 11) is 0. The molecule has 3 aromatic rings. The molecule has 0 saturated carbocycles. The van der Waals surface area contributed by atoms with Gasteiger partial charge in [0.25, 0.3) is 0 Å². The van der Waals surface area contributed by atoms with Crippen molar-refractivity contribution in [3.63, 3.8) is 0 Å². The fourth-order valence-electron chi connectivity index (χ4n) is 2.61. The van der Waals surface area contributed by atoms with Gasteiger partial charge in [-0.05, 0) is 51.1 Å². The molecular weight excluding hydrogens is 437 g/mol. The Morgan fingerprint density at radius 2 is 1.84 bits per heavy atom. The van der Waals surface area contributed by atoms with Crippen molar-refractivity contribution in [3.8, 4) is 0 Å². The summed E-state index contributed by atoms with van der Waals surface area (Å²) in [4.78, 5) is 23.3. The number of amides is 2. The smallest absolute Gasteiger partial charge is 0.332 e. The zero-order valence-electron chi connectivity index (χ0n) is 17.3. The van der Waals surface area contributed by atoms with Crippen LogP contribution in [0.2, 0.25) is 10.0 Å². The van der Waals surface area contributed by atoms with E-state index in [0.717, 1.165) is 0 Å². The van der Waals surface area contributed by atoms with E-state index in [9.17, 15) is 9.90 Å². The number of urea groups is 1. The monoisotopic (exact) mass is 459 g/mol. The van der Waals surface area contributed by atoms with Gasteiger partial charge in [0.2, 0.25) is 5.95 Å². The average Bonchev–Trinajstić information content (AvgIpc) is 2.71. The zero-order valence-corrected chi connectivity index (χ0v) is 18.8. The highest BCUT2D eigenvalue weighted by atomic mass is 35.5. The van der Waals surface area contributed by atoms with Crippen LogP contribution in [0.3, 0.4) is 0 Å². The van der Waals surface area contributed by atoms with Crippen LogP contribution in [0.1, 0.15) is 20.8 Å². The maximum atomic E-state index is 13.2. The second kappa shape index (κ2) is 9.51. The molecule has 162 valence electrons. The van der Waals surface area contributed by atoms with E-state index in [2.05, 4.69) is 20.6 Å². The number of nitrogens with zero attached hydrogens (tertiary/aromatic N) is 3. The maximum Gasteiger partial charge on any atom is 0.332 e. The van der Waals surface area contributed by atoms with E-state index >= 15 is 0 Å². The minimum absolute atomic E-state index is 0.283. The molecule has 0 aliphatic carbocycles. The van der Waals surface area contributed by atoms with Crippen molar-refractivity contribution in [2.45, 2.75) is 32.4 Å². The van der Waals surface area contributed by atoms with Gasteiger partial charge in [0, 0.05) is 17.3 Å². The van der Waals surface area contributed by atoms with Crippen LogP contribution < -0.4 is 15.5 Å². The number of halogens is 2. The van der Waals surface area contributed by atoms with E-state index in [4.69, 9.17) is 23.2 Å². The number of aliphatic hydroxyl groups is 1. The quantitative estimate of drug-likeness (QED) is 0.438.